The SMILES string of the molecule is NC(CCl)=Nc1c(Cl)cccc1C(F)(F)F. The lowest BCUT2D eigenvalue weighted by Gasteiger charge is -2.11. The van der Waals surface area contributed by atoms with Crippen LogP contribution in [0.25, 0.3) is 0 Å². The molecule has 0 spiro atoms. The lowest BCUT2D eigenvalue weighted by Crippen LogP contribution is -2.13. The van der Waals surface area contributed by atoms with Gasteiger partial charge in [-0.15, -0.1) is 11.6 Å². The molecule has 0 heterocycles. The maximum absolute atomic E-state index is 12.6. The van der Waals surface area contributed by atoms with Gasteiger partial charge < -0.3 is 5.73 Å². The van der Waals surface area contributed by atoms with Gasteiger partial charge in [-0.25, -0.2) is 4.99 Å². The van der Waals surface area contributed by atoms with E-state index >= 15 is 0 Å². The van der Waals surface area contributed by atoms with E-state index in [-0.39, 0.29) is 16.7 Å². The van der Waals surface area contributed by atoms with Gasteiger partial charge in [-0.1, -0.05) is 17.7 Å². The van der Waals surface area contributed by atoms with Crippen LogP contribution in [0.5, 0.6) is 0 Å². The zero-order chi connectivity index (χ0) is 12.3. The van der Waals surface area contributed by atoms with E-state index in [2.05, 4.69) is 4.99 Å². The van der Waals surface area contributed by atoms with Crippen LogP contribution < -0.4 is 5.73 Å². The standard InChI is InChI=1S/C9H7Cl2F3N2/c10-4-7(15)16-8-5(9(12,13)14)2-1-3-6(8)11/h1-3H,4H2,(H2,15,16). The van der Waals surface area contributed by atoms with Crippen molar-refractivity contribution < 1.29 is 13.2 Å². The van der Waals surface area contributed by atoms with Crippen LogP contribution in [0.4, 0.5) is 18.9 Å². The molecule has 1 aromatic rings. The molecule has 1 rings (SSSR count). The van der Waals surface area contributed by atoms with Gasteiger partial charge in [0.1, 0.15) is 5.84 Å². The number of nitrogens with zero attached hydrogens (tertiary/aromatic N) is 1. The van der Waals surface area contributed by atoms with Crippen LogP contribution in [-0.2, 0) is 6.18 Å². The zero-order valence-electron chi connectivity index (χ0n) is 7.85. The molecular weight excluding hydrogens is 264 g/mol. The second-order valence-electron chi connectivity index (χ2n) is 2.87. The van der Waals surface area contributed by atoms with E-state index in [0.29, 0.717) is 0 Å². The van der Waals surface area contributed by atoms with Crippen LogP contribution in [0.2, 0.25) is 5.02 Å². The van der Waals surface area contributed by atoms with Gasteiger partial charge in [0, 0.05) is 0 Å². The van der Waals surface area contributed by atoms with E-state index < -0.39 is 17.4 Å². The maximum Gasteiger partial charge on any atom is 0.418 e. The monoisotopic (exact) mass is 270 g/mol. The molecule has 0 amide bonds. The third kappa shape index (κ3) is 3.02. The lowest BCUT2D eigenvalue weighted by atomic mass is 10.1. The highest BCUT2D eigenvalue weighted by Gasteiger charge is 2.34. The first-order valence-corrected chi connectivity index (χ1v) is 5.02. The number of hydrogen-bond acceptors (Lipinski definition) is 1. The summed E-state index contributed by atoms with van der Waals surface area (Å²) in [4.78, 5) is 3.55. The molecule has 0 atom stereocenters. The molecule has 0 fully saturated rings. The van der Waals surface area contributed by atoms with Gasteiger partial charge in [0.15, 0.2) is 0 Å². The molecule has 0 saturated carbocycles. The number of rotatable bonds is 2. The van der Waals surface area contributed by atoms with Crippen molar-refractivity contribution in [2.75, 3.05) is 5.88 Å². The van der Waals surface area contributed by atoms with E-state index in [1.54, 1.807) is 0 Å². The summed E-state index contributed by atoms with van der Waals surface area (Å²) in [7, 11) is 0. The summed E-state index contributed by atoms with van der Waals surface area (Å²) in [5, 5.41) is -0.122. The highest BCUT2D eigenvalue weighted by atomic mass is 35.5. The first kappa shape index (κ1) is 13.1. The van der Waals surface area contributed by atoms with Gasteiger partial charge in [0.2, 0.25) is 0 Å². The Morgan fingerprint density at radius 1 is 1.38 bits per heavy atom. The van der Waals surface area contributed by atoms with Crippen LogP contribution >= 0.6 is 23.2 Å². The molecule has 0 aliphatic heterocycles. The fourth-order valence-corrected chi connectivity index (χ4v) is 1.31. The van der Waals surface area contributed by atoms with Crippen LogP contribution in [0, 0.1) is 0 Å². The number of amidine groups is 1. The fourth-order valence-electron chi connectivity index (χ4n) is 1.03. The fraction of sp³-hybridized carbons (Fsp3) is 0.222. The predicted molar refractivity (Wildman–Crippen MR) is 58.5 cm³/mol. The Balaban J connectivity index is 3.36. The normalized spacial score (nSPS) is 12.9. The molecule has 0 aliphatic carbocycles. The zero-order valence-corrected chi connectivity index (χ0v) is 9.37. The van der Waals surface area contributed by atoms with Crippen molar-refractivity contribution in [3.63, 3.8) is 0 Å². The third-order valence-electron chi connectivity index (χ3n) is 1.68. The van der Waals surface area contributed by atoms with Crippen molar-refractivity contribution in [2.24, 2.45) is 10.7 Å². The highest BCUT2D eigenvalue weighted by Crippen LogP contribution is 2.40. The molecule has 0 aliphatic rings. The van der Waals surface area contributed by atoms with Gasteiger partial charge in [-0.05, 0) is 12.1 Å². The Bertz CT molecular complexity index is 416. The molecule has 0 unspecified atom stereocenters. The molecule has 2 nitrogen and oxygen atoms in total. The number of para-hydroxylation sites is 1. The molecule has 0 radical (unpaired) electrons. The van der Waals surface area contributed by atoms with E-state index in [1.807, 2.05) is 0 Å². The Hall–Kier alpha value is -0.940. The summed E-state index contributed by atoms with van der Waals surface area (Å²) in [6.07, 6.45) is -4.53. The summed E-state index contributed by atoms with van der Waals surface area (Å²) in [6, 6.07) is 3.38. The summed E-state index contributed by atoms with van der Waals surface area (Å²) in [5.74, 6) is -0.289. The lowest BCUT2D eigenvalue weighted by molar-refractivity contribution is -0.137. The highest BCUT2D eigenvalue weighted by molar-refractivity contribution is 6.33. The summed E-state index contributed by atoms with van der Waals surface area (Å²) < 4.78 is 37.7. The van der Waals surface area contributed by atoms with Crippen LogP contribution in [0.1, 0.15) is 5.56 Å². The van der Waals surface area contributed by atoms with Crippen molar-refractivity contribution in [3.05, 3.63) is 28.8 Å². The van der Waals surface area contributed by atoms with Gasteiger partial charge >= 0.3 is 6.18 Å². The number of hydrogen-bond donors (Lipinski definition) is 1. The van der Waals surface area contributed by atoms with E-state index in [4.69, 9.17) is 28.9 Å². The van der Waals surface area contributed by atoms with Crippen LogP contribution in [0.3, 0.4) is 0 Å². The van der Waals surface area contributed by atoms with Crippen molar-refractivity contribution in [2.45, 2.75) is 6.18 Å². The van der Waals surface area contributed by atoms with Gasteiger partial charge in [-0.2, -0.15) is 13.2 Å². The van der Waals surface area contributed by atoms with Crippen molar-refractivity contribution in [1.29, 1.82) is 0 Å². The maximum atomic E-state index is 12.6. The van der Waals surface area contributed by atoms with Crippen LogP contribution in [0.15, 0.2) is 23.2 Å². The summed E-state index contributed by atoms with van der Waals surface area (Å²) in [6.45, 7) is 0. The van der Waals surface area contributed by atoms with Gasteiger partial charge in [0.25, 0.3) is 0 Å². The number of aliphatic imine (C=N–C) groups is 1. The molecule has 88 valence electrons. The van der Waals surface area contributed by atoms with E-state index in [9.17, 15) is 13.2 Å². The number of nitrogens with two attached hydrogens (primary N) is 1. The molecule has 0 bridgehead atoms. The molecule has 1 aromatic carbocycles. The third-order valence-corrected chi connectivity index (χ3v) is 2.26. The Morgan fingerprint density at radius 2 is 2.00 bits per heavy atom. The smallest absolute Gasteiger partial charge is 0.386 e. The van der Waals surface area contributed by atoms with E-state index in [1.165, 1.54) is 12.1 Å². The average Bonchev–Trinajstić information content (AvgIpc) is 2.19. The largest absolute Gasteiger partial charge is 0.418 e. The molecule has 2 N–H and O–H groups in total. The Labute approximate surface area is 99.9 Å². The summed E-state index contributed by atoms with van der Waals surface area (Å²) >= 11 is 11.0. The van der Waals surface area contributed by atoms with Crippen molar-refractivity contribution >= 4 is 34.7 Å². The Kier molecular flexibility index (Phi) is 4.04. The topological polar surface area (TPSA) is 38.4 Å². The molecule has 16 heavy (non-hydrogen) atoms. The van der Waals surface area contributed by atoms with Gasteiger partial charge in [0.05, 0.1) is 22.2 Å². The molecule has 0 saturated heterocycles. The van der Waals surface area contributed by atoms with Gasteiger partial charge in [-0.3, -0.25) is 0 Å². The average molecular weight is 271 g/mol. The molecule has 0 aromatic heterocycles. The quantitative estimate of drug-likeness (QED) is 0.498. The molecular formula is C9H7Cl2F3N2. The van der Waals surface area contributed by atoms with Crippen molar-refractivity contribution in [3.8, 4) is 0 Å². The number of halogens is 5. The first-order valence-electron chi connectivity index (χ1n) is 4.11. The first-order chi connectivity index (χ1) is 7.36. The minimum Gasteiger partial charge on any atom is -0.386 e. The molecule has 7 heteroatoms. The van der Waals surface area contributed by atoms with Crippen molar-refractivity contribution in [1.82, 2.24) is 0 Å². The minimum atomic E-state index is -4.53. The minimum absolute atomic E-state index is 0.122. The number of benzene rings is 1. The second-order valence-corrected chi connectivity index (χ2v) is 3.54. The van der Waals surface area contributed by atoms with E-state index in [0.717, 1.165) is 6.07 Å². The summed E-state index contributed by atoms with van der Waals surface area (Å²) in [5.41, 5.74) is 3.93. The predicted octanol–water partition coefficient (Wildman–Crippen LogP) is 3.59. The Morgan fingerprint density at radius 3 is 2.50 bits per heavy atom. The van der Waals surface area contributed by atoms with Crippen LogP contribution in [-0.4, -0.2) is 11.7 Å². The second kappa shape index (κ2) is 4.93. The number of alkyl halides is 4.